The van der Waals surface area contributed by atoms with Gasteiger partial charge in [0.1, 0.15) is 23.8 Å². The van der Waals surface area contributed by atoms with Crippen LogP contribution in [-0.2, 0) is 14.3 Å². The molecule has 1 aromatic heterocycles. The summed E-state index contributed by atoms with van der Waals surface area (Å²) in [6.07, 6.45) is -5.44. The van der Waals surface area contributed by atoms with Crippen molar-refractivity contribution in [3.05, 3.63) is 35.1 Å². The van der Waals surface area contributed by atoms with E-state index in [2.05, 4.69) is 10.3 Å². The van der Waals surface area contributed by atoms with E-state index in [1.54, 1.807) is 26.8 Å². The molecule has 3 rings (SSSR count). The number of ether oxygens (including phenoxy) is 1. The number of aryl methyl sites for hydroxylation is 1. The molecule has 2 aliphatic heterocycles. The van der Waals surface area contributed by atoms with Crippen LogP contribution in [0.4, 0.5) is 13.2 Å². The number of nitrogens with one attached hydrogen (secondary N) is 1. The van der Waals surface area contributed by atoms with Gasteiger partial charge >= 0.3 is 12.1 Å². The van der Waals surface area contributed by atoms with Crippen molar-refractivity contribution in [2.45, 2.75) is 97.4 Å². The predicted octanol–water partition coefficient (Wildman–Crippen LogP) is 3.90. The van der Waals surface area contributed by atoms with E-state index in [1.807, 2.05) is 0 Å². The standard InChI is InChI=1S/C27H37F3N2O6/c1-13(9-18-12-37-16(4)31-18)20-8-7-17(27(28,29)30)10-19-23(32-19)14(2)24(35)15(3)25(36)26(5,6)21(33)11-22(34)38-20/h7,9,12,14-15,19-21,23-24,32-33,35H,8,10-11H2,1-6H3/b13-9+,17-7+/t14-,15+,19?,20+,21-,23?,24-/m0/s1. The number of oxazole rings is 1. The number of fused-ring (bicyclic) bond motifs is 1. The predicted molar refractivity (Wildman–Crippen MR) is 133 cm³/mol. The van der Waals surface area contributed by atoms with Gasteiger partial charge in [-0.15, -0.1) is 0 Å². The highest BCUT2D eigenvalue weighted by Gasteiger charge is 2.49. The summed E-state index contributed by atoms with van der Waals surface area (Å²) in [4.78, 5) is 30.2. The van der Waals surface area contributed by atoms with Gasteiger partial charge in [-0.2, -0.15) is 13.2 Å². The average Bonchev–Trinajstić information content (AvgIpc) is 3.48. The highest BCUT2D eigenvalue weighted by Crippen LogP contribution is 2.38. The van der Waals surface area contributed by atoms with Crippen molar-refractivity contribution in [3.8, 4) is 0 Å². The number of aromatic nitrogens is 1. The number of nitrogens with zero attached hydrogens (tertiary/aromatic N) is 1. The number of cyclic esters (lactones) is 1. The Hall–Kier alpha value is -2.50. The molecule has 0 radical (unpaired) electrons. The number of rotatable bonds is 2. The van der Waals surface area contributed by atoms with Crippen LogP contribution in [0.2, 0.25) is 0 Å². The summed E-state index contributed by atoms with van der Waals surface area (Å²) >= 11 is 0. The van der Waals surface area contributed by atoms with Crippen molar-refractivity contribution in [1.82, 2.24) is 10.3 Å². The number of hydrogen-bond donors (Lipinski definition) is 3. The third kappa shape index (κ3) is 6.92. The van der Waals surface area contributed by atoms with E-state index in [0.29, 0.717) is 17.2 Å². The van der Waals surface area contributed by atoms with Gasteiger partial charge in [0.05, 0.1) is 24.0 Å². The van der Waals surface area contributed by atoms with Crippen LogP contribution in [-0.4, -0.2) is 63.5 Å². The van der Waals surface area contributed by atoms with Gasteiger partial charge in [0, 0.05) is 36.9 Å². The number of halogens is 3. The van der Waals surface area contributed by atoms with Crippen LogP contribution in [0.1, 0.15) is 65.5 Å². The maximum atomic E-state index is 13.9. The zero-order valence-corrected chi connectivity index (χ0v) is 22.5. The molecule has 0 aromatic carbocycles. The number of aliphatic hydroxyl groups is 2. The minimum atomic E-state index is -4.61. The Morgan fingerprint density at radius 1 is 1.21 bits per heavy atom. The lowest BCUT2D eigenvalue weighted by Crippen LogP contribution is -2.46. The van der Waals surface area contributed by atoms with Crippen LogP contribution in [0.5, 0.6) is 0 Å². The molecule has 7 atom stereocenters. The molecule has 1 saturated heterocycles. The summed E-state index contributed by atoms with van der Waals surface area (Å²) in [6, 6.07) is -0.935. The second-order valence-corrected chi connectivity index (χ2v) is 11.1. The van der Waals surface area contributed by atoms with Crippen molar-refractivity contribution in [3.63, 3.8) is 0 Å². The summed E-state index contributed by atoms with van der Waals surface area (Å²) in [6.45, 7) is 9.44. The number of alkyl halides is 3. The molecule has 1 fully saturated rings. The monoisotopic (exact) mass is 542 g/mol. The smallest absolute Gasteiger partial charge is 0.412 e. The van der Waals surface area contributed by atoms with Gasteiger partial charge in [-0.05, 0) is 30.9 Å². The normalized spacial score (nSPS) is 35.2. The first-order valence-corrected chi connectivity index (χ1v) is 12.7. The molecular weight excluding hydrogens is 505 g/mol. The van der Waals surface area contributed by atoms with Gasteiger partial charge < -0.3 is 24.7 Å². The van der Waals surface area contributed by atoms with E-state index >= 15 is 0 Å². The van der Waals surface area contributed by atoms with Crippen molar-refractivity contribution < 1.29 is 42.1 Å². The van der Waals surface area contributed by atoms with Gasteiger partial charge in [0.15, 0.2) is 5.89 Å². The molecule has 3 heterocycles. The third-order valence-electron chi connectivity index (χ3n) is 7.77. The molecule has 1 aromatic rings. The molecular formula is C27H37F3N2O6. The maximum absolute atomic E-state index is 13.9. The second-order valence-electron chi connectivity index (χ2n) is 11.1. The van der Waals surface area contributed by atoms with Gasteiger partial charge in [-0.3, -0.25) is 9.59 Å². The summed E-state index contributed by atoms with van der Waals surface area (Å²) in [5.74, 6) is -2.35. The van der Waals surface area contributed by atoms with Gasteiger partial charge in [-0.25, -0.2) is 4.98 Å². The second kappa shape index (κ2) is 11.3. The Morgan fingerprint density at radius 3 is 2.45 bits per heavy atom. The molecule has 0 saturated carbocycles. The summed E-state index contributed by atoms with van der Waals surface area (Å²) in [7, 11) is 0. The number of hydrogen-bond acceptors (Lipinski definition) is 8. The lowest BCUT2D eigenvalue weighted by atomic mass is 9.73. The van der Waals surface area contributed by atoms with Gasteiger partial charge in [0.25, 0.3) is 0 Å². The number of ketones is 1. The van der Waals surface area contributed by atoms with Crippen LogP contribution >= 0.6 is 0 Å². The molecule has 3 N–H and O–H groups in total. The fraction of sp³-hybridized carbons (Fsp3) is 0.667. The fourth-order valence-electron chi connectivity index (χ4n) is 4.99. The third-order valence-corrected chi connectivity index (χ3v) is 7.77. The van der Waals surface area contributed by atoms with Crippen molar-refractivity contribution in [1.29, 1.82) is 0 Å². The summed E-state index contributed by atoms with van der Waals surface area (Å²) in [5, 5.41) is 24.7. The van der Waals surface area contributed by atoms with E-state index < -0.39 is 77.6 Å². The first kappa shape index (κ1) is 30.0. The highest BCUT2D eigenvalue weighted by molar-refractivity contribution is 5.88. The molecule has 2 unspecified atom stereocenters. The van der Waals surface area contributed by atoms with Gasteiger partial charge in [-0.1, -0.05) is 33.8 Å². The van der Waals surface area contributed by atoms with Crippen LogP contribution in [0.15, 0.2) is 27.9 Å². The van der Waals surface area contributed by atoms with E-state index in [-0.39, 0.29) is 12.8 Å². The van der Waals surface area contributed by atoms with Crippen LogP contribution in [0.25, 0.3) is 6.08 Å². The van der Waals surface area contributed by atoms with Crippen LogP contribution < -0.4 is 5.32 Å². The average molecular weight is 543 g/mol. The molecule has 212 valence electrons. The minimum Gasteiger partial charge on any atom is -0.457 e. The first-order chi connectivity index (χ1) is 17.5. The Labute approximate surface area is 220 Å². The Bertz CT molecular complexity index is 1090. The summed E-state index contributed by atoms with van der Waals surface area (Å²) in [5.41, 5.74) is -1.30. The Balaban J connectivity index is 1.98. The van der Waals surface area contributed by atoms with Crippen LogP contribution in [0, 0.1) is 24.2 Å². The molecule has 38 heavy (non-hydrogen) atoms. The van der Waals surface area contributed by atoms with Crippen molar-refractivity contribution in [2.24, 2.45) is 17.3 Å². The lowest BCUT2D eigenvalue weighted by Gasteiger charge is -2.34. The zero-order valence-electron chi connectivity index (χ0n) is 22.5. The quantitative estimate of drug-likeness (QED) is 0.291. The summed E-state index contributed by atoms with van der Waals surface area (Å²) < 4.78 is 52.5. The highest BCUT2D eigenvalue weighted by atomic mass is 19.4. The molecule has 0 amide bonds. The topological polar surface area (TPSA) is 132 Å². The molecule has 2 aliphatic rings. The minimum absolute atomic E-state index is 0.259. The van der Waals surface area contributed by atoms with E-state index in [4.69, 9.17) is 9.15 Å². The van der Waals surface area contributed by atoms with Crippen LogP contribution in [0.3, 0.4) is 0 Å². The van der Waals surface area contributed by atoms with E-state index in [1.165, 1.54) is 27.0 Å². The van der Waals surface area contributed by atoms with E-state index in [0.717, 1.165) is 6.08 Å². The molecule has 8 nitrogen and oxygen atoms in total. The lowest BCUT2D eigenvalue weighted by molar-refractivity contribution is -0.154. The van der Waals surface area contributed by atoms with E-state index in [9.17, 15) is 33.0 Å². The number of carbonyl (C=O) groups excluding carboxylic acids is 2. The van der Waals surface area contributed by atoms with Crippen molar-refractivity contribution >= 4 is 17.8 Å². The molecule has 0 spiro atoms. The number of aliphatic hydroxyl groups excluding tert-OH is 2. The number of esters is 1. The largest absolute Gasteiger partial charge is 0.457 e. The molecule has 11 heteroatoms. The van der Waals surface area contributed by atoms with Gasteiger partial charge in [0.2, 0.25) is 0 Å². The fourth-order valence-corrected chi connectivity index (χ4v) is 4.99. The SMILES string of the molecule is C/C(=C\c1coc(C)n1)[C@H]1C/C=C(/C(F)(F)F)CC2NC2[C@H](C)[C@H](O)[C@@H](C)C(=O)C(C)(C)[C@@H](O)CC(=O)O1. The number of Topliss-reactive ketones (excluding diaryl/α,β-unsaturated/α-hetero) is 1. The Kier molecular flexibility index (Phi) is 8.95. The molecule has 0 aliphatic carbocycles. The molecule has 0 bridgehead atoms. The zero-order chi connectivity index (χ0) is 28.6. The van der Waals surface area contributed by atoms with Crippen molar-refractivity contribution in [2.75, 3.05) is 0 Å². The first-order valence-electron chi connectivity index (χ1n) is 12.7. The Morgan fingerprint density at radius 2 is 1.87 bits per heavy atom. The maximum Gasteiger partial charge on any atom is 0.412 e. The number of carbonyl (C=O) groups is 2.